The molecule has 0 aliphatic heterocycles. The maximum absolute atomic E-state index is 13.4. The van der Waals surface area contributed by atoms with E-state index < -0.39 is 5.82 Å². The van der Waals surface area contributed by atoms with Gasteiger partial charge < -0.3 is 17.2 Å². The zero-order chi connectivity index (χ0) is 24.1. The first-order valence-electron chi connectivity index (χ1n) is 9.59. The molecular weight excluding hydrogens is 425 g/mol. The van der Waals surface area contributed by atoms with Crippen LogP contribution in [0, 0.1) is 28.5 Å². The standard InChI is InChI=1S/C17H12FN3O.C5H6N6/c1-2-16-20-15-7-6-12(18)9-14(15)17(22)21(16)13-5-3-4-11(8-13)10-19;6-1-2-3(7)10-5(9)11-4(2)8/h3-9H,2H2,1H3;(H6,7,8,9,10,11). The first-order valence-corrected chi connectivity index (χ1v) is 9.59. The van der Waals surface area contributed by atoms with Crippen molar-refractivity contribution in [2.24, 2.45) is 0 Å². The molecule has 0 saturated carbocycles. The summed E-state index contributed by atoms with van der Waals surface area (Å²) in [7, 11) is 0. The van der Waals surface area contributed by atoms with Crippen LogP contribution in [-0.2, 0) is 6.42 Å². The second-order valence-electron chi connectivity index (χ2n) is 6.68. The first kappa shape index (κ1) is 22.7. The van der Waals surface area contributed by atoms with Gasteiger partial charge in [-0.15, -0.1) is 0 Å². The topological polar surface area (TPSA) is 186 Å². The number of aromatic nitrogens is 4. The highest BCUT2D eigenvalue weighted by atomic mass is 19.1. The van der Waals surface area contributed by atoms with Crippen LogP contribution in [0.25, 0.3) is 16.6 Å². The Morgan fingerprint density at radius 3 is 2.30 bits per heavy atom. The van der Waals surface area contributed by atoms with Crippen molar-refractivity contribution in [3.63, 3.8) is 0 Å². The van der Waals surface area contributed by atoms with Crippen LogP contribution in [0.5, 0.6) is 0 Å². The third kappa shape index (κ3) is 4.68. The second-order valence-corrected chi connectivity index (χ2v) is 6.68. The number of hydrogen-bond donors (Lipinski definition) is 3. The van der Waals surface area contributed by atoms with Gasteiger partial charge in [0.05, 0.1) is 28.2 Å². The third-order valence-electron chi connectivity index (χ3n) is 4.54. The number of benzene rings is 2. The minimum Gasteiger partial charge on any atom is -0.382 e. The zero-order valence-electron chi connectivity index (χ0n) is 17.5. The molecule has 0 amide bonds. The Morgan fingerprint density at radius 1 is 1.00 bits per heavy atom. The zero-order valence-corrected chi connectivity index (χ0v) is 17.5. The average Bonchev–Trinajstić information content (AvgIpc) is 2.79. The van der Waals surface area contributed by atoms with Crippen LogP contribution in [0.15, 0.2) is 47.3 Å². The van der Waals surface area contributed by atoms with Gasteiger partial charge in [-0.25, -0.2) is 9.37 Å². The lowest BCUT2D eigenvalue weighted by Gasteiger charge is -2.12. The normalized spacial score (nSPS) is 10.1. The van der Waals surface area contributed by atoms with Gasteiger partial charge in [-0.05, 0) is 36.4 Å². The summed E-state index contributed by atoms with van der Waals surface area (Å²) < 4.78 is 14.9. The monoisotopic (exact) mass is 443 g/mol. The van der Waals surface area contributed by atoms with Crippen LogP contribution in [0.1, 0.15) is 23.9 Å². The van der Waals surface area contributed by atoms with Crippen molar-refractivity contribution in [3.05, 3.63) is 75.6 Å². The molecule has 2 heterocycles. The number of nitriles is 2. The van der Waals surface area contributed by atoms with E-state index in [1.54, 1.807) is 30.3 Å². The number of hydrogen-bond acceptors (Lipinski definition) is 9. The second kappa shape index (κ2) is 9.41. The number of nitrogen functional groups attached to an aromatic ring is 3. The largest absolute Gasteiger partial charge is 0.382 e. The van der Waals surface area contributed by atoms with E-state index in [0.29, 0.717) is 29.0 Å². The smallest absolute Gasteiger partial charge is 0.266 e. The lowest BCUT2D eigenvalue weighted by Crippen LogP contribution is -2.23. The summed E-state index contributed by atoms with van der Waals surface area (Å²) in [5, 5.41) is 17.7. The molecular formula is C22H18FN9O. The SMILES string of the molecule is CCc1nc2ccc(F)cc2c(=O)n1-c1cccc(C#N)c1.N#Cc1c(N)nc(N)nc1N. The Kier molecular flexibility index (Phi) is 6.46. The van der Waals surface area contributed by atoms with Crippen LogP contribution < -0.4 is 22.8 Å². The van der Waals surface area contributed by atoms with Gasteiger partial charge in [0.1, 0.15) is 34.9 Å². The van der Waals surface area contributed by atoms with E-state index in [-0.39, 0.29) is 34.1 Å². The van der Waals surface area contributed by atoms with Gasteiger partial charge in [0, 0.05) is 6.42 Å². The lowest BCUT2D eigenvalue weighted by atomic mass is 10.2. The molecule has 0 bridgehead atoms. The molecule has 11 heteroatoms. The number of halogens is 1. The van der Waals surface area contributed by atoms with Crippen LogP contribution in [-0.4, -0.2) is 19.5 Å². The maximum Gasteiger partial charge on any atom is 0.266 e. The van der Waals surface area contributed by atoms with E-state index in [1.165, 1.54) is 22.8 Å². The molecule has 0 atom stereocenters. The molecule has 0 fully saturated rings. The number of fused-ring (bicyclic) bond motifs is 1. The van der Waals surface area contributed by atoms with Crippen LogP contribution >= 0.6 is 0 Å². The highest BCUT2D eigenvalue weighted by Gasteiger charge is 2.12. The van der Waals surface area contributed by atoms with Crippen molar-refractivity contribution < 1.29 is 4.39 Å². The molecule has 4 aromatic rings. The summed E-state index contributed by atoms with van der Waals surface area (Å²) in [6.45, 7) is 1.89. The first-order chi connectivity index (χ1) is 15.8. The fourth-order valence-electron chi connectivity index (χ4n) is 3.05. The molecule has 0 saturated heterocycles. The molecule has 6 N–H and O–H groups in total. The maximum atomic E-state index is 13.4. The Labute approximate surface area is 187 Å². The highest BCUT2D eigenvalue weighted by molar-refractivity contribution is 5.78. The summed E-state index contributed by atoms with van der Waals surface area (Å²) in [5.74, 6) is 0.0844. The molecule has 10 nitrogen and oxygen atoms in total. The number of nitrogens with zero attached hydrogens (tertiary/aromatic N) is 6. The van der Waals surface area contributed by atoms with Gasteiger partial charge in [-0.2, -0.15) is 20.5 Å². The summed E-state index contributed by atoms with van der Waals surface area (Å²) >= 11 is 0. The Balaban J connectivity index is 0.000000235. The van der Waals surface area contributed by atoms with Crippen LogP contribution in [0.3, 0.4) is 0 Å². The van der Waals surface area contributed by atoms with Crippen molar-refractivity contribution >= 4 is 28.5 Å². The van der Waals surface area contributed by atoms with Gasteiger partial charge >= 0.3 is 0 Å². The molecule has 0 unspecified atom stereocenters. The lowest BCUT2D eigenvalue weighted by molar-refractivity contribution is 0.629. The van der Waals surface area contributed by atoms with E-state index >= 15 is 0 Å². The minimum atomic E-state index is -0.479. The van der Waals surface area contributed by atoms with Crippen molar-refractivity contribution in [2.75, 3.05) is 17.2 Å². The van der Waals surface area contributed by atoms with Crippen molar-refractivity contribution in [2.45, 2.75) is 13.3 Å². The van der Waals surface area contributed by atoms with E-state index in [1.807, 2.05) is 13.0 Å². The predicted octanol–water partition coefficient (Wildman–Crippen LogP) is 2.05. The molecule has 2 aromatic heterocycles. The summed E-state index contributed by atoms with van der Waals surface area (Å²) in [6, 6.07) is 14.5. The fraction of sp³-hybridized carbons (Fsp3) is 0.0909. The van der Waals surface area contributed by atoms with Gasteiger partial charge in [0.25, 0.3) is 5.56 Å². The fourth-order valence-corrected chi connectivity index (χ4v) is 3.05. The molecule has 2 aromatic carbocycles. The van der Waals surface area contributed by atoms with Gasteiger partial charge in [0.2, 0.25) is 5.95 Å². The van der Waals surface area contributed by atoms with E-state index in [4.69, 9.17) is 27.7 Å². The quantitative estimate of drug-likeness (QED) is 0.416. The Bertz CT molecular complexity index is 1480. The molecule has 0 spiro atoms. The molecule has 164 valence electrons. The number of aryl methyl sites for hydroxylation is 1. The molecule has 33 heavy (non-hydrogen) atoms. The van der Waals surface area contributed by atoms with Gasteiger partial charge in [-0.1, -0.05) is 13.0 Å². The van der Waals surface area contributed by atoms with Crippen molar-refractivity contribution in [3.8, 4) is 17.8 Å². The number of nitrogens with two attached hydrogens (primary N) is 3. The molecule has 0 radical (unpaired) electrons. The Hall–Kier alpha value is -5.03. The highest BCUT2D eigenvalue weighted by Crippen LogP contribution is 2.16. The van der Waals surface area contributed by atoms with Gasteiger partial charge in [-0.3, -0.25) is 9.36 Å². The van der Waals surface area contributed by atoms with Crippen molar-refractivity contribution in [1.29, 1.82) is 10.5 Å². The average molecular weight is 443 g/mol. The summed E-state index contributed by atoms with van der Waals surface area (Å²) in [6.07, 6.45) is 0.541. The van der Waals surface area contributed by atoms with Crippen LogP contribution in [0.2, 0.25) is 0 Å². The summed E-state index contributed by atoms with van der Waals surface area (Å²) in [4.78, 5) is 24.3. The Morgan fingerprint density at radius 2 is 1.70 bits per heavy atom. The third-order valence-corrected chi connectivity index (χ3v) is 4.54. The molecule has 0 aliphatic rings. The van der Waals surface area contributed by atoms with Crippen LogP contribution in [0.4, 0.5) is 22.0 Å². The van der Waals surface area contributed by atoms with E-state index in [9.17, 15) is 9.18 Å². The summed E-state index contributed by atoms with van der Waals surface area (Å²) in [5.41, 5.74) is 17.0. The predicted molar refractivity (Wildman–Crippen MR) is 121 cm³/mol. The van der Waals surface area contributed by atoms with Gasteiger partial charge in [0.15, 0.2) is 0 Å². The molecule has 0 aliphatic carbocycles. The minimum absolute atomic E-state index is 0.0116. The molecule has 4 rings (SSSR count). The number of rotatable bonds is 2. The van der Waals surface area contributed by atoms with Crippen molar-refractivity contribution in [1.82, 2.24) is 19.5 Å². The van der Waals surface area contributed by atoms with E-state index in [0.717, 1.165) is 0 Å². The van der Waals surface area contributed by atoms with E-state index in [2.05, 4.69) is 15.0 Å². The number of anilines is 3.